The monoisotopic (exact) mass is 330 g/mol. The molecule has 0 bridgehead atoms. The van der Waals surface area contributed by atoms with E-state index in [9.17, 15) is 9.90 Å². The van der Waals surface area contributed by atoms with Crippen LogP contribution in [0, 0.1) is 0 Å². The standard InChI is InChI=1S/C14H23BrN2O2/c1-5-10-13(15)11(17(8-4)16-10)9-12(18)14(19,6-2)7-3/h19H,5-9H2,1-4H3. The Morgan fingerprint density at radius 2 is 1.89 bits per heavy atom. The number of carbonyl (C=O) groups is 1. The molecule has 0 fully saturated rings. The van der Waals surface area contributed by atoms with Gasteiger partial charge in [0.15, 0.2) is 5.78 Å². The molecule has 0 aliphatic heterocycles. The Hall–Kier alpha value is -0.680. The van der Waals surface area contributed by atoms with Crippen molar-refractivity contribution in [3.63, 3.8) is 0 Å². The fourth-order valence-corrected chi connectivity index (χ4v) is 2.85. The third-order valence-electron chi connectivity index (χ3n) is 3.71. The van der Waals surface area contributed by atoms with Gasteiger partial charge in [-0.1, -0.05) is 20.8 Å². The highest BCUT2D eigenvalue weighted by Crippen LogP contribution is 2.26. The molecule has 0 aliphatic carbocycles. The van der Waals surface area contributed by atoms with Gasteiger partial charge < -0.3 is 5.11 Å². The maximum atomic E-state index is 12.3. The van der Waals surface area contributed by atoms with Crippen LogP contribution in [0.15, 0.2) is 4.47 Å². The minimum atomic E-state index is -1.21. The summed E-state index contributed by atoms with van der Waals surface area (Å²) in [6.07, 6.45) is 1.93. The minimum Gasteiger partial charge on any atom is -0.382 e. The van der Waals surface area contributed by atoms with Crippen LogP contribution in [0.5, 0.6) is 0 Å². The van der Waals surface area contributed by atoms with Crippen molar-refractivity contribution in [1.29, 1.82) is 0 Å². The van der Waals surface area contributed by atoms with Crippen molar-refractivity contribution in [2.45, 2.75) is 65.5 Å². The molecule has 0 aliphatic rings. The predicted octanol–water partition coefficient (Wildman–Crippen LogP) is 2.89. The summed E-state index contributed by atoms with van der Waals surface area (Å²) in [6.45, 7) is 8.43. The van der Waals surface area contributed by atoms with E-state index < -0.39 is 5.60 Å². The van der Waals surface area contributed by atoms with Gasteiger partial charge in [0.25, 0.3) is 0 Å². The van der Waals surface area contributed by atoms with E-state index in [4.69, 9.17) is 0 Å². The van der Waals surface area contributed by atoms with Crippen LogP contribution < -0.4 is 0 Å². The third-order valence-corrected chi connectivity index (χ3v) is 4.63. The van der Waals surface area contributed by atoms with Gasteiger partial charge in [-0.25, -0.2) is 0 Å². The molecule has 4 nitrogen and oxygen atoms in total. The van der Waals surface area contributed by atoms with Gasteiger partial charge in [-0.05, 0) is 42.1 Å². The van der Waals surface area contributed by atoms with Crippen LogP contribution >= 0.6 is 15.9 Å². The van der Waals surface area contributed by atoms with E-state index in [0.717, 1.165) is 28.8 Å². The van der Waals surface area contributed by atoms with Crippen LogP contribution in [0.3, 0.4) is 0 Å². The van der Waals surface area contributed by atoms with Crippen molar-refractivity contribution in [2.24, 2.45) is 0 Å². The number of hydrogen-bond acceptors (Lipinski definition) is 3. The fraction of sp³-hybridized carbons (Fsp3) is 0.714. The quantitative estimate of drug-likeness (QED) is 0.836. The lowest BCUT2D eigenvalue weighted by atomic mass is 9.89. The van der Waals surface area contributed by atoms with Crippen molar-refractivity contribution in [3.05, 3.63) is 15.9 Å². The molecular weight excluding hydrogens is 308 g/mol. The van der Waals surface area contributed by atoms with Gasteiger partial charge >= 0.3 is 0 Å². The normalized spacial score (nSPS) is 11.9. The number of aromatic nitrogens is 2. The highest BCUT2D eigenvalue weighted by atomic mass is 79.9. The predicted molar refractivity (Wildman–Crippen MR) is 79.2 cm³/mol. The zero-order valence-corrected chi connectivity index (χ0v) is 13.7. The molecule has 0 atom stereocenters. The summed E-state index contributed by atoms with van der Waals surface area (Å²) >= 11 is 3.52. The van der Waals surface area contributed by atoms with E-state index in [1.165, 1.54) is 0 Å². The van der Waals surface area contributed by atoms with Crippen LogP contribution in [-0.4, -0.2) is 26.3 Å². The first-order chi connectivity index (χ1) is 8.93. The summed E-state index contributed by atoms with van der Waals surface area (Å²) in [7, 11) is 0. The number of rotatable bonds is 7. The van der Waals surface area contributed by atoms with E-state index in [1.807, 2.05) is 32.4 Å². The van der Waals surface area contributed by atoms with Crippen molar-refractivity contribution >= 4 is 21.7 Å². The lowest BCUT2D eigenvalue weighted by molar-refractivity contribution is -0.137. The summed E-state index contributed by atoms with van der Waals surface area (Å²) in [5.74, 6) is -0.129. The molecule has 0 spiro atoms. The highest BCUT2D eigenvalue weighted by Gasteiger charge is 2.32. The molecule has 0 aromatic carbocycles. The zero-order chi connectivity index (χ0) is 14.6. The number of aliphatic hydroxyl groups is 1. The Bertz CT molecular complexity index is 451. The van der Waals surface area contributed by atoms with Gasteiger partial charge in [-0.2, -0.15) is 5.10 Å². The fourth-order valence-electron chi connectivity index (χ4n) is 2.15. The van der Waals surface area contributed by atoms with Crippen LogP contribution in [0.4, 0.5) is 0 Å². The van der Waals surface area contributed by atoms with Crippen molar-refractivity contribution in [2.75, 3.05) is 0 Å². The highest BCUT2D eigenvalue weighted by molar-refractivity contribution is 9.10. The molecule has 0 saturated carbocycles. The van der Waals surface area contributed by atoms with Gasteiger partial charge in [0.1, 0.15) is 5.60 Å². The maximum Gasteiger partial charge on any atom is 0.170 e. The van der Waals surface area contributed by atoms with Gasteiger partial charge in [0, 0.05) is 6.54 Å². The molecule has 1 N–H and O–H groups in total. The lowest BCUT2D eigenvalue weighted by Gasteiger charge is -2.23. The van der Waals surface area contributed by atoms with Crippen molar-refractivity contribution in [3.8, 4) is 0 Å². The van der Waals surface area contributed by atoms with Crippen molar-refractivity contribution < 1.29 is 9.90 Å². The molecule has 0 saturated heterocycles. The Kier molecular flexibility index (Phi) is 5.74. The number of nitrogens with zero attached hydrogens (tertiary/aromatic N) is 2. The number of Topliss-reactive ketones (excluding diaryl/α,β-unsaturated/α-hetero) is 1. The third kappa shape index (κ3) is 3.26. The molecule has 0 amide bonds. The second-order valence-electron chi connectivity index (χ2n) is 4.72. The first-order valence-corrected chi connectivity index (χ1v) is 7.72. The number of aryl methyl sites for hydroxylation is 2. The zero-order valence-electron chi connectivity index (χ0n) is 12.2. The minimum absolute atomic E-state index is 0.129. The number of carbonyl (C=O) groups excluding carboxylic acids is 1. The summed E-state index contributed by atoms with van der Waals surface area (Å²) in [5.41, 5.74) is 0.611. The summed E-state index contributed by atoms with van der Waals surface area (Å²) in [5, 5.41) is 14.8. The van der Waals surface area contributed by atoms with E-state index in [1.54, 1.807) is 0 Å². The van der Waals surface area contributed by atoms with Gasteiger partial charge in [0.05, 0.1) is 22.3 Å². The number of halogens is 1. The average Bonchev–Trinajstić information content (AvgIpc) is 2.74. The molecule has 5 heteroatoms. The molecule has 108 valence electrons. The van der Waals surface area contributed by atoms with E-state index in [2.05, 4.69) is 21.0 Å². The van der Waals surface area contributed by atoms with Gasteiger partial charge in [-0.15, -0.1) is 0 Å². The van der Waals surface area contributed by atoms with E-state index >= 15 is 0 Å². The Balaban J connectivity index is 3.05. The van der Waals surface area contributed by atoms with E-state index in [-0.39, 0.29) is 12.2 Å². The molecule has 0 radical (unpaired) electrons. The number of ketones is 1. The molecule has 1 rings (SSSR count). The average molecular weight is 331 g/mol. The largest absolute Gasteiger partial charge is 0.382 e. The number of hydrogen-bond donors (Lipinski definition) is 1. The first kappa shape index (κ1) is 16.4. The smallest absolute Gasteiger partial charge is 0.170 e. The summed E-state index contributed by atoms with van der Waals surface area (Å²) in [4.78, 5) is 12.3. The summed E-state index contributed by atoms with van der Waals surface area (Å²) < 4.78 is 2.74. The van der Waals surface area contributed by atoms with Crippen molar-refractivity contribution in [1.82, 2.24) is 9.78 Å². The Morgan fingerprint density at radius 3 is 2.32 bits per heavy atom. The maximum absolute atomic E-state index is 12.3. The lowest BCUT2D eigenvalue weighted by Crippen LogP contribution is -2.38. The van der Waals surface area contributed by atoms with Crippen LogP contribution in [0.2, 0.25) is 0 Å². The Morgan fingerprint density at radius 1 is 1.32 bits per heavy atom. The molecule has 1 heterocycles. The van der Waals surface area contributed by atoms with Crippen LogP contribution in [-0.2, 0) is 24.2 Å². The molecule has 0 unspecified atom stereocenters. The van der Waals surface area contributed by atoms with Crippen LogP contribution in [0.1, 0.15) is 51.9 Å². The van der Waals surface area contributed by atoms with Crippen LogP contribution in [0.25, 0.3) is 0 Å². The SMILES string of the molecule is CCc1nn(CC)c(CC(=O)C(O)(CC)CC)c1Br. The summed E-state index contributed by atoms with van der Waals surface area (Å²) in [6, 6.07) is 0. The Labute approximate surface area is 123 Å². The second-order valence-corrected chi connectivity index (χ2v) is 5.51. The molecule has 19 heavy (non-hydrogen) atoms. The van der Waals surface area contributed by atoms with Gasteiger partial charge in [0.2, 0.25) is 0 Å². The molecule has 1 aromatic rings. The molecule has 1 aromatic heterocycles. The first-order valence-electron chi connectivity index (χ1n) is 6.93. The molecular formula is C14H23BrN2O2. The van der Waals surface area contributed by atoms with E-state index in [0.29, 0.717) is 12.8 Å². The second kappa shape index (κ2) is 6.66. The topological polar surface area (TPSA) is 55.1 Å². The van der Waals surface area contributed by atoms with Gasteiger partial charge in [-0.3, -0.25) is 9.48 Å².